The molecule has 0 aromatic heterocycles. The van der Waals surface area contributed by atoms with Gasteiger partial charge in [0, 0.05) is 26.7 Å². The second-order valence-electron chi connectivity index (χ2n) is 6.82. The maximum atomic E-state index is 5.38. The van der Waals surface area contributed by atoms with E-state index in [9.17, 15) is 0 Å². The molecule has 1 rings (SSSR count). The van der Waals surface area contributed by atoms with E-state index < -0.39 is 0 Å². The minimum Gasteiger partial charge on any atom is -0.496 e. The molecule has 0 amide bonds. The van der Waals surface area contributed by atoms with Crippen LogP contribution in [0, 0.1) is 5.41 Å². The molecule has 0 radical (unpaired) electrons. The van der Waals surface area contributed by atoms with Crippen molar-refractivity contribution in [3.63, 3.8) is 0 Å². The number of rotatable bonds is 8. The van der Waals surface area contributed by atoms with Crippen LogP contribution in [0.1, 0.15) is 19.4 Å². The van der Waals surface area contributed by atoms with Crippen molar-refractivity contribution in [2.75, 3.05) is 47.9 Å². The van der Waals surface area contributed by atoms with E-state index in [2.05, 4.69) is 54.5 Å². The molecule has 1 aromatic rings. The van der Waals surface area contributed by atoms with E-state index in [1.807, 2.05) is 18.2 Å². The summed E-state index contributed by atoms with van der Waals surface area (Å²) in [5.74, 6) is 1.77. The second kappa shape index (κ2) is 11.5. The number of nitrogens with one attached hydrogen (secondary N) is 2. The maximum Gasteiger partial charge on any atom is 0.191 e. The molecule has 0 bridgehead atoms. The van der Waals surface area contributed by atoms with Crippen LogP contribution in [0.5, 0.6) is 5.75 Å². The number of benzene rings is 1. The van der Waals surface area contributed by atoms with E-state index in [4.69, 9.17) is 4.74 Å². The van der Waals surface area contributed by atoms with Crippen molar-refractivity contribution >= 4 is 29.9 Å². The summed E-state index contributed by atoms with van der Waals surface area (Å²) in [6.07, 6.45) is 0.895. The Morgan fingerprint density at radius 2 is 1.88 bits per heavy atom. The summed E-state index contributed by atoms with van der Waals surface area (Å²) in [7, 11) is 7.71. The minimum absolute atomic E-state index is 0. The third kappa shape index (κ3) is 8.73. The summed E-state index contributed by atoms with van der Waals surface area (Å²) in [6, 6.07) is 8.11. The van der Waals surface area contributed by atoms with Crippen LogP contribution in [-0.2, 0) is 6.42 Å². The molecule has 24 heavy (non-hydrogen) atoms. The van der Waals surface area contributed by atoms with Crippen LogP contribution in [0.4, 0.5) is 0 Å². The fourth-order valence-electron chi connectivity index (χ4n) is 2.68. The van der Waals surface area contributed by atoms with E-state index in [-0.39, 0.29) is 29.4 Å². The van der Waals surface area contributed by atoms with Crippen molar-refractivity contribution in [2.45, 2.75) is 20.3 Å². The summed E-state index contributed by atoms with van der Waals surface area (Å²) < 4.78 is 5.38. The van der Waals surface area contributed by atoms with Crippen molar-refractivity contribution in [1.82, 2.24) is 15.5 Å². The molecular weight excluding hydrogens is 415 g/mol. The number of halogens is 1. The quantitative estimate of drug-likeness (QED) is 0.365. The van der Waals surface area contributed by atoms with Crippen molar-refractivity contribution in [3.8, 4) is 5.75 Å². The first-order valence-electron chi connectivity index (χ1n) is 8.09. The molecule has 0 saturated heterocycles. The largest absolute Gasteiger partial charge is 0.496 e. The van der Waals surface area contributed by atoms with Gasteiger partial charge < -0.3 is 20.3 Å². The highest BCUT2D eigenvalue weighted by molar-refractivity contribution is 14.0. The molecule has 0 aliphatic rings. The Kier molecular flexibility index (Phi) is 11.0. The van der Waals surface area contributed by atoms with Crippen LogP contribution in [-0.4, -0.2) is 58.7 Å². The minimum atomic E-state index is 0. The van der Waals surface area contributed by atoms with E-state index in [0.29, 0.717) is 0 Å². The SMILES string of the molecule is CN=C(NCCc1ccccc1OC)NCC(C)(C)CN(C)C.I. The lowest BCUT2D eigenvalue weighted by Gasteiger charge is -2.29. The Bertz CT molecular complexity index is 504. The number of ether oxygens (including phenoxy) is 1. The van der Waals surface area contributed by atoms with Crippen molar-refractivity contribution in [1.29, 1.82) is 0 Å². The van der Waals surface area contributed by atoms with Gasteiger partial charge in [-0.1, -0.05) is 32.0 Å². The molecule has 1 aromatic carbocycles. The monoisotopic (exact) mass is 448 g/mol. The molecule has 0 unspecified atom stereocenters. The van der Waals surface area contributed by atoms with Gasteiger partial charge in [0.15, 0.2) is 5.96 Å². The number of aliphatic imine (C=N–C) groups is 1. The predicted molar refractivity (Wildman–Crippen MR) is 114 cm³/mol. The van der Waals surface area contributed by atoms with E-state index in [1.54, 1.807) is 14.2 Å². The Balaban J connectivity index is 0.00000529. The van der Waals surface area contributed by atoms with Gasteiger partial charge in [-0.15, -0.1) is 24.0 Å². The van der Waals surface area contributed by atoms with Gasteiger partial charge in [-0.2, -0.15) is 0 Å². The van der Waals surface area contributed by atoms with Crippen molar-refractivity contribution in [2.24, 2.45) is 10.4 Å². The zero-order valence-corrected chi connectivity index (χ0v) is 18.2. The molecule has 0 spiro atoms. The molecule has 0 atom stereocenters. The normalized spacial score (nSPS) is 11.9. The third-order valence-corrected chi connectivity index (χ3v) is 3.58. The zero-order chi connectivity index (χ0) is 17.3. The van der Waals surface area contributed by atoms with Gasteiger partial charge in [0.2, 0.25) is 0 Å². The lowest BCUT2D eigenvalue weighted by molar-refractivity contribution is 0.241. The Labute approximate surface area is 164 Å². The number of para-hydroxylation sites is 1. The summed E-state index contributed by atoms with van der Waals surface area (Å²) >= 11 is 0. The van der Waals surface area contributed by atoms with Crippen LogP contribution in [0.25, 0.3) is 0 Å². The van der Waals surface area contributed by atoms with E-state index >= 15 is 0 Å². The topological polar surface area (TPSA) is 48.9 Å². The number of methoxy groups -OCH3 is 1. The first kappa shape index (κ1) is 23.0. The fraction of sp³-hybridized carbons (Fsp3) is 0.611. The summed E-state index contributed by atoms with van der Waals surface area (Å²) in [5, 5.41) is 6.78. The Morgan fingerprint density at radius 1 is 1.21 bits per heavy atom. The highest BCUT2D eigenvalue weighted by Gasteiger charge is 2.19. The number of hydrogen-bond acceptors (Lipinski definition) is 3. The fourth-order valence-corrected chi connectivity index (χ4v) is 2.68. The first-order valence-corrected chi connectivity index (χ1v) is 8.09. The molecule has 0 saturated carbocycles. The van der Waals surface area contributed by atoms with Gasteiger partial charge in [-0.25, -0.2) is 0 Å². The van der Waals surface area contributed by atoms with Gasteiger partial charge in [0.05, 0.1) is 7.11 Å². The molecular formula is C18H33IN4O. The third-order valence-electron chi connectivity index (χ3n) is 3.58. The van der Waals surface area contributed by atoms with Crippen molar-refractivity contribution < 1.29 is 4.74 Å². The number of hydrogen-bond donors (Lipinski definition) is 2. The molecule has 0 aliphatic heterocycles. The van der Waals surface area contributed by atoms with Crippen LogP contribution in [0.15, 0.2) is 29.3 Å². The first-order chi connectivity index (χ1) is 10.9. The average molecular weight is 448 g/mol. The molecule has 0 fully saturated rings. The molecule has 0 aliphatic carbocycles. The van der Waals surface area contributed by atoms with Crippen LogP contribution in [0.3, 0.4) is 0 Å². The molecule has 6 heteroatoms. The summed E-state index contributed by atoms with van der Waals surface area (Å²) in [6.45, 7) is 7.22. The smallest absolute Gasteiger partial charge is 0.191 e. The lowest BCUT2D eigenvalue weighted by atomic mass is 9.93. The van der Waals surface area contributed by atoms with Gasteiger partial charge in [-0.05, 0) is 37.6 Å². The molecule has 2 N–H and O–H groups in total. The van der Waals surface area contributed by atoms with Gasteiger partial charge in [-0.3, -0.25) is 4.99 Å². The molecule has 138 valence electrons. The molecule has 0 heterocycles. The Morgan fingerprint density at radius 3 is 2.46 bits per heavy atom. The van der Waals surface area contributed by atoms with Gasteiger partial charge in [0.1, 0.15) is 5.75 Å². The average Bonchev–Trinajstić information content (AvgIpc) is 2.49. The Hall–Kier alpha value is -1.02. The maximum absolute atomic E-state index is 5.38. The van der Waals surface area contributed by atoms with Crippen molar-refractivity contribution in [3.05, 3.63) is 29.8 Å². The summed E-state index contributed by atoms with van der Waals surface area (Å²) in [4.78, 5) is 6.50. The van der Waals surface area contributed by atoms with Crippen LogP contribution < -0.4 is 15.4 Å². The van der Waals surface area contributed by atoms with Gasteiger partial charge >= 0.3 is 0 Å². The predicted octanol–water partition coefficient (Wildman–Crippen LogP) is 2.61. The van der Waals surface area contributed by atoms with Gasteiger partial charge in [0.25, 0.3) is 0 Å². The van der Waals surface area contributed by atoms with Crippen LogP contribution >= 0.6 is 24.0 Å². The highest BCUT2D eigenvalue weighted by Crippen LogP contribution is 2.17. The standard InChI is InChI=1S/C18H32N4O.HI/c1-18(2,14-22(4)5)13-21-17(19-3)20-12-11-15-9-7-8-10-16(15)23-6;/h7-10H,11-14H2,1-6H3,(H2,19,20,21);1H. The number of guanidine groups is 1. The van der Waals surface area contributed by atoms with Crippen LogP contribution in [0.2, 0.25) is 0 Å². The zero-order valence-electron chi connectivity index (χ0n) is 15.8. The lowest BCUT2D eigenvalue weighted by Crippen LogP contribution is -2.45. The van der Waals surface area contributed by atoms with E-state index in [0.717, 1.165) is 37.8 Å². The number of nitrogens with zero attached hydrogens (tertiary/aromatic N) is 2. The molecule has 5 nitrogen and oxygen atoms in total. The van der Waals surface area contributed by atoms with E-state index in [1.165, 1.54) is 5.56 Å². The highest BCUT2D eigenvalue weighted by atomic mass is 127. The second-order valence-corrected chi connectivity index (χ2v) is 6.82. The summed E-state index contributed by atoms with van der Waals surface area (Å²) in [5.41, 5.74) is 1.38.